The van der Waals surface area contributed by atoms with E-state index in [0.717, 1.165) is 31.7 Å². The van der Waals surface area contributed by atoms with Gasteiger partial charge in [0.05, 0.1) is 13.7 Å². The van der Waals surface area contributed by atoms with E-state index >= 15 is 0 Å². The van der Waals surface area contributed by atoms with Gasteiger partial charge in [0.2, 0.25) is 0 Å². The monoisotopic (exact) mass is 393 g/mol. The lowest BCUT2D eigenvalue weighted by Gasteiger charge is -2.27. The van der Waals surface area contributed by atoms with Gasteiger partial charge < -0.3 is 19.7 Å². The molecule has 1 aromatic carbocycles. The van der Waals surface area contributed by atoms with Crippen LogP contribution in [0.1, 0.15) is 11.1 Å². The molecule has 0 aliphatic carbocycles. The molecule has 2 heterocycles. The van der Waals surface area contributed by atoms with Gasteiger partial charge in [-0.1, -0.05) is 29.8 Å². The fourth-order valence-electron chi connectivity index (χ4n) is 2.77. The van der Waals surface area contributed by atoms with Crippen LogP contribution in [0.4, 0.5) is 0 Å². The Labute approximate surface area is 163 Å². The van der Waals surface area contributed by atoms with Crippen molar-refractivity contribution >= 4 is 18.1 Å². The minimum absolute atomic E-state index is 0.168. The number of pyridine rings is 1. The van der Waals surface area contributed by atoms with Crippen LogP contribution < -0.4 is 10.9 Å². The third-order valence-electron chi connectivity index (χ3n) is 4.22. The first-order valence-electron chi connectivity index (χ1n) is 8.61. The van der Waals surface area contributed by atoms with Crippen LogP contribution in [0.2, 0.25) is 5.02 Å². The molecule has 3 rings (SSSR count). The number of methoxy groups -OCH3 is 1. The maximum absolute atomic E-state index is 12.4. The van der Waals surface area contributed by atoms with Crippen molar-refractivity contribution in [3.05, 3.63) is 63.0 Å². The van der Waals surface area contributed by atoms with E-state index in [1.807, 2.05) is 24.3 Å². The van der Waals surface area contributed by atoms with E-state index in [4.69, 9.17) is 16.4 Å². The van der Waals surface area contributed by atoms with Crippen LogP contribution in [-0.2, 0) is 22.6 Å². The summed E-state index contributed by atoms with van der Waals surface area (Å²) in [5, 5.41) is 14.1. The number of carbonyl (C=O) groups excluding carboxylic acids is 1. The Bertz CT molecular complexity index is 804. The zero-order valence-corrected chi connectivity index (χ0v) is 16.0. The number of nitrogens with zero attached hydrogens (tertiary/aromatic N) is 2. The Morgan fingerprint density at radius 1 is 1.19 bits per heavy atom. The molecule has 0 unspecified atom stereocenters. The first-order chi connectivity index (χ1) is 13.1. The molecule has 1 fully saturated rings. The van der Waals surface area contributed by atoms with Crippen molar-refractivity contribution in [1.29, 1.82) is 0 Å². The summed E-state index contributed by atoms with van der Waals surface area (Å²) in [7, 11) is 1.31. The Morgan fingerprint density at radius 2 is 1.85 bits per heavy atom. The normalized spacial score (nSPS) is 14.1. The van der Waals surface area contributed by atoms with Crippen molar-refractivity contribution in [3.8, 4) is 5.75 Å². The van der Waals surface area contributed by atoms with Gasteiger partial charge >= 0.3 is 0 Å². The summed E-state index contributed by atoms with van der Waals surface area (Å²) in [5.74, 6) is -0.168. The van der Waals surface area contributed by atoms with Crippen LogP contribution >= 0.6 is 11.6 Å². The molecule has 0 spiro atoms. The molecule has 146 valence electrons. The van der Waals surface area contributed by atoms with Crippen LogP contribution in [-0.4, -0.2) is 54.3 Å². The highest BCUT2D eigenvalue weighted by Crippen LogP contribution is 2.18. The third-order valence-corrected chi connectivity index (χ3v) is 4.59. The first kappa shape index (κ1) is 21.0. The predicted molar refractivity (Wildman–Crippen MR) is 104 cm³/mol. The van der Waals surface area contributed by atoms with Crippen molar-refractivity contribution in [2.75, 3.05) is 33.3 Å². The Kier molecular flexibility index (Phi) is 8.32. The van der Waals surface area contributed by atoms with E-state index in [1.54, 1.807) is 12.3 Å². The van der Waals surface area contributed by atoms with Gasteiger partial charge in [-0.05, 0) is 17.7 Å². The van der Waals surface area contributed by atoms with E-state index in [2.05, 4.69) is 15.0 Å². The first-order valence-corrected chi connectivity index (χ1v) is 8.98. The molecule has 1 aliphatic rings. The smallest absolute Gasteiger partial charge is 0.293 e. The largest absolute Gasteiger partial charge is 0.503 e. The van der Waals surface area contributed by atoms with Crippen molar-refractivity contribution in [2.24, 2.45) is 0 Å². The predicted octanol–water partition coefficient (Wildman–Crippen LogP) is 1.45. The van der Waals surface area contributed by atoms with Gasteiger partial charge in [-0.2, -0.15) is 0 Å². The van der Waals surface area contributed by atoms with Gasteiger partial charge in [-0.3, -0.25) is 14.5 Å². The molecule has 27 heavy (non-hydrogen) atoms. The summed E-state index contributed by atoms with van der Waals surface area (Å²) in [6, 6.07) is 9.21. The maximum Gasteiger partial charge on any atom is 0.293 e. The Balaban J connectivity index is 0.000000596. The summed E-state index contributed by atoms with van der Waals surface area (Å²) < 4.78 is 5.35. The molecule has 2 N–H and O–H groups in total. The molecule has 0 bridgehead atoms. The molecule has 0 radical (unpaired) electrons. The molecular formula is C19H24ClN3O4. The number of aromatic nitrogens is 1. The number of piperazine rings is 1. The summed E-state index contributed by atoms with van der Waals surface area (Å²) >= 11 is 6.14. The number of ether oxygens (including phenoxy) is 1. The number of benzene rings is 1. The van der Waals surface area contributed by atoms with E-state index < -0.39 is 0 Å². The molecule has 1 aliphatic heterocycles. The lowest BCUT2D eigenvalue weighted by Crippen LogP contribution is -2.43. The van der Waals surface area contributed by atoms with E-state index in [0.29, 0.717) is 30.1 Å². The van der Waals surface area contributed by atoms with Crippen molar-refractivity contribution in [3.63, 3.8) is 0 Å². The average molecular weight is 394 g/mol. The van der Waals surface area contributed by atoms with E-state index in [9.17, 15) is 9.90 Å². The maximum atomic E-state index is 12.4. The van der Waals surface area contributed by atoms with Gasteiger partial charge in [0.15, 0.2) is 5.75 Å². The highest BCUT2D eigenvalue weighted by Gasteiger charge is 2.15. The highest BCUT2D eigenvalue weighted by molar-refractivity contribution is 6.31. The second kappa shape index (κ2) is 10.7. The van der Waals surface area contributed by atoms with Crippen molar-refractivity contribution in [2.45, 2.75) is 13.1 Å². The summed E-state index contributed by atoms with van der Waals surface area (Å²) in [4.78, 5) is 23.6. The molecule has 2 aromatic rings. The summed E-state index contributed by atoms with van der Waals surface area (Å²) in [6.45, 7) is 5.02. The van der Waals surface area contributed by atoms with Crippen LogP contribution in [0.3, 0.4) is 0 Å². The molecule has 1 aromatic heterocycles. The summed E-state index contributed by atoms with van der Waals surface area (Å²) in [6.07, 6.45) is 1.73. The van der Waals surface area contributed by atoms with Crippen LogP contribution in [0, 0.1) is 0 Å². The molecule has 0 saturated carbocycles. The minimum atomic E-state index is -0.377. The van der Waals surface area contributed by atoms with Gasteiger partial charge in [0.25, 0.3) is 12.0 Å². The molecular weight excluding hydrogens is 370 g/mol. The quantitative estimate of drug-likeness (QED) is 0.748. The zero-order valence-electron chi connectivity index (χ0n) is 15.2. The number of rotatable bonds is 5. The number of aromatic hydroxyl groups is 1. The lowest BCUT2D eigenvalue weighted by atomic mass is 10.2. The molecule has 7 nitrogen and oxygen atoms in total. The Hall–Kier alpha value is -2.35. The number of halogens is 1. The van der Waals surface area contributed by atoms with Crippen LogP contribution in [0.5, 0.6) is 5.75 Å². The van der Waals surface area contributed by atoms with E-state index in [1.165, 1.54) is 11.7 Å². The standard InChI is InChI=1S/C17H20ClN3O2.C2H4O2/c18-15-4-2-1-3-13(15)12-21-8-5-14(16(22)17(21)23)11-20-9-6-19-7-10-20;1-4-2-3/h1-5,8,19,22H,6-7,9-12H2;2H,1H3. The van der Waals surface area contributed by atoms with Gasteiger partial charge in [-0.15, -0.1) is 0 Å². The SMILES string of the molecule is COC=O.O=c1c(O)c(CN2CCNCC2)ccn1Cc1ccccc1Cl. The third kappa shape index (κ3) is 6.09. The molecule has 1 saturated heterocycles. The number of carbonyl (C=O) groups is 1. The molecule has 8 heteroatoms. The topological polar surface area (TPSA) is 83.8 Å². The Morgan fingerprint density at radius 3 is 2.48 bits per heavy atom. The van der Waals surface area contributed by atoms with E-state index in [-0.39, 0.29) is 11.3 Å². The molecule has 0 atom stereocenters. The number of nitrogens with one attached hydrogen (secondary N) is 1. The number of hydrogen-bond acceptors (Lipinski definition) is 6. The summed E-state index contributed by atoms with van der Waals surface area (Å²) in [5.41, 5.74) is 1.15. The van der Waals surface area contributed by atoms with Crippen LogP contribution in [0.25, 0.3) is 0 Å². The average Bonchev–Trinajstić information content (AvgIpc) is 2.70. The number of hydrogen-bond donors (Lipinski definition) is 2. The fraction of sp³-hybridized carbons (Fsp3) is 0.368. The van der Waals surface area contributed by atoms with Crippen molar-refractivity contribution < 1.29 is 14.6 Å². The minimum Gasteiger partial charge on any atom is -0.503 e. The van der Waals surface area contributed by atoms with Gasteiger partial charge in [0.1, 0.15) is 0 Å². The lowest BCUT2D eigenvalue weighted by molar-refractivity contribution is -0.126. The second-order valence-electron chi connectivity index (χ2n) is 6.07. The second-order valence-corrected chi connectivity index (χ2v) is 6.48. The van der Waals surface area contributed by atoms with Crippen LogP contribution in [0.15, 0.2) is 41.3 Å². The molecule has 0 amide bonds. The van der Waals surface area contributed by atoms with Crippen molar-refractivity contribution in [1.82, 2.24) is 14.8 Å². The van der Waals surface area contributed by atoms with Gasteiger partial charge in [0, 0.05) is 49.5 Å². The highest BCUT2D eigenvalue weighted by atomic mass is 35.5. The van der Waals surface area contributed by atoms with Gasteiger partial charge in [-0.25, -0.2) is 0 Å². The zero-order chi connectivity index (χ0) is 19.6. The fourth-order valence-corrected chi connectivity index (χ4v) is 2.97.